The summed E-state index contributed by atoms with van der Waals surface area (Å²) >= 11 is 7.21. The number of anilines is 1. The fraction of sp³-hybridized carbons (Fsp3) is 0.238. The molecule has 2 aromatic carbocycles. The third kappa shape index (κ3) is 4.47. The zero-order valence-corrected chi connectivity index (χ0v) is 16.9. The van der Waals surface area contributed by atoms with Gasteiger partial charge in [0.1, 0.15) is 11.3 Å². The molecule has 0 radical (unpaired) electrons. The monoisotopic (exact) mass is 434 g/mol. The van der Waals surface area contributed by atoms with Gasteiger partial charge in [0.15, 0.2) is 10.9 Å². The highest BCUT2D eigenvalue weighted by Crippen LogP contribution is 2.32. The highest BCUT2D eigenvalue weighted by molar-refractivity contribution is 7.22. The molecule has 1 atom stereocenters. The first-order valence-corrected chi connectivity index (χ1v) is 10.3. The topological polar surface area (TPSA) is 42.4 Å². The minimum atomic E-state index is -0.751. The number of carbonyl (C=O) groups excluding carboxylic acids is 1. The van der Waals surface area contributed by atoms with Crippen LogP contribution in [0.1, 0.15) is 18.4 Å². The van der Waals surface area contributed by atoms with E-state index in [1.807, 2.05) is 6.07 Å². The van der Waals surface area contributed by atoms with Crippen LogP contribution in [0.4, 0.5) is 13.9 Å². The van der Waals surface area contributed by atoms with E-state index in [1.54, 1.807) is 24.3 Å². The average molecular weight is 435 g/mol. The summed E-state index contributed by atoms with van der Waals surface area (Å²) in [5.74, 6) is -1.76. The molecule has 1 aromatic heterocycles. The van der Waals surface area contributed by atoms with Crippen molar-refractivity contribution in [2.45, 2.75) is 18.9 Å². The minimum absolute atomic E-state index is 0.0478. The second kappa shape index (κ2) is 8.57. The van der Waals surface area contributed by atoms with Gasteiger partial charge in [-0.15, -0.1) is 0 Å². The second-order valence-electron chi connectivity index (χ2n) is 6.67. The van der Waals surface area contributed by atoms with Gasteiger partial charge in [-0.2, -0.15) is 0 Å². The average Bonchev–Trinajstić information content (AvgIpc) is 3.34. The van der Waals surface area contributed by atoms with Crippen molar-refractivity contribution < 1.29 is 18.3 Å². The number of aromatic nitrogens is 1. The Labute approximate surface area is 175 Å². The number of ether oxygens (including phenoxy) is 1. The molecule has 0 saturated carbocycles. The van der Waals surface area contributed by atoms with Crippen LogP contribution < -0.4 is 4.90 Å². The first-order chi connectivity index (χ1) is 14.0. The van der Waals surface area contributed by atoms with E-state index in [0.717, 1.165) is 30.2 Å². The van der Waals surface area contributed by atoms with Crippen LogP contribution in [0.3, 0.4) is 0 Å². The van der Waals surface area contributed by atoms with Crippen molar-refractivity contribution >= 4 is 50.3 Å². The smallest absolute Gasteiger partial charge is 0.252 e. The van der Waals surface area contributed by atoms with Gasteiger partial charge in [0.25, 0.3) is 5.91 Å². The maximum Gasteiger partial charge on any atom is 0.252 e. The van der Waals surface area contributed by atoms with E-state index in [0.29, 0.717) is 27.0 Å². The van der Waals surface area contributed by atoms with Crippen molar-refractivity contribution in [1.82, 2.24) is 4.98 Å². The molecule has 29 heavy (non-hydrogen) atoms. The number of rotatable bonds is 5. The Morgan fingerprint density at radius 2 is 2.17 bits per heavy atom. The van der Waals surface area contributed by atoms with Crippen LogP contribution in [0.15, 0.2) is 42.5 Å². The lowest BCUT2D eigenvalue weighted by atomic mass is 10.2. The normalized spacial score (nSPS) is 16.7. The van der Waals surface area contributed by atoms with Crippen LogP contribution in [0.2, 0.25) is 5.02 Å². The molecule has 8 heteroatoms. The molecule has 2 heterocycles. The number of halogens is 3. The van der Waals surface area contributed by atoms with Gasteiger partial charge in [-0.1, -0.05) is 41.1 Å². The van der Waals surface area contributed by atoms with Gasteiger partial charge >= 0.3 is 0 Å². The van der Waals surface area contributed by atoms with Crippen LogP contribution in [0.25, 0.3) is 16.3 Å². The number of hydrogen-bond acceptors (Lipinski definition) is 4. The summed E-state index contributed by atoms with van der Waals surface area (Å²) in [6, 6.07) is 9.17. The van der Waals surface area contributed by atoms with Crippen LogP contribution in [0, 0.1) is 11.6 Å². The number of carbonyl (C=O) groups is 1. The summed E-state index contributed by atoms with van der Waals surface area (Å²) in [5, 5.41) is 0.827. The van der Waals surface area contributed by atoms with E-state index in [-0.39, 0.29) is 24.1 Å². The van der Waals surface area contributed by atoms with Crippen molar-refractivity contribution in [2.75, 3.05) is 18.1 Å². The van der Waals surface area contributed by atoms with E-state index in [9.17, 15) is 13.6 Å². The van der Waals surface area contributed by atoms with E-state index in [4.69, 9.17) is 16.3 Å². The summed E-state index contributed by atoms with van der Waals surface area (Å²) < 4.78 is 33.6. The zero-order valence-electron chi connectivity index (χ0n) is 15.3. The molecule has 150 valence electrons. The lowest BCUT2D eigenvalue weighted by molar-refractivity contribution is -0.114. The third-order valence-corrected chi connectivity index (χ3v) is 5.99. The minimum Gasteiger partial charge on any atom is -0.376 e. The molecular formula is C21H17ClF2N2O2S. The first-order valence-electron chi connectivity index (χ1n) is 9.12. The zero-order chi connectivity index (χ0) is 20.4. The van der Waals surface area contributed by atoms with Gasteiger partial charge in [-0.25, -0.2) is 13.8 Å². The van der Waals surface area contributed by atoms with Gasteiger partial charge in [0.05, 0.1) is 17.3 Å². The molecule has 4 rings (SSSR count). The fourth-order valence-electron chi connectivity index (χ4n) is 3.18. The highest BCUT2D eigenvalue weighted by atomic mass is 35.5. The number of benzene rings is 2. The molecule has 0 aliphatic carbocycles. The maximum absolute atomic E-state index is 14.1. The molecule has 0 N–H and O–H groups in total. The van der Waals surface area contributed by atoms with Crippen molar-refractivity contribution in [2.24, 2.45) is 0 Å². The second-order valence-corrected chi connectivity index (χ2v) is 8.09. The van der Waals surface area contributed by atoms with Gasteiger partial charge in [0, 0.05) is 23.8 Å². The summed E-state index contributed by atoms with van der Waals surface area (Å²) in [4.78, 5) is 18.7. The summed E-state index contributed by atoms with van der Waals surface area (Å²) in [5.41, 5.74) is 0.753. The lowest BCUT2D eigenvalue weighted by Gasteiger charge is -2.21. The van der Waals surface area contributed by atoms with E-state index in [2.05, 4.69) is 4.98 Å². The standard InChI is InChI=1S/C21H17ClF2N2O2S/c22-16-6-2-1-4-13(16)7-8-19(27)26(12-15-5-3-9-28-15)21-25-20-17(24)10-14(23)11-18(20)29-21/h1-2,4,6-8,10-11,15H,3,5,9,12H2/b8-7+. The Bertz CT molecular complexity index is 1080. The molecule has 1 saturated heterocycles. The Kier molecular flexibility index (Phi) is 5.89. The molecular weight excluding hydrogens is 418 g/mol. The Morgan fingerprint density at radius 1 is 1.34 bits per heavy atom. The van der Waals surface area contributed by atoms with Crippen LogP contribution in [-0.2, 0) is 9.53 Å². The number of nitrogens with zero attached hydrogens (tertiary/aromatic N) is 2. The molecule has 1 amide bonds. The third-order valence-electron chi connectivity index (χ3n) is 4.62. The number of hydrogen-bond donors (Lipinski definition) is 0. The van der Waals surface area contributed by atoms with Crippen molar-refractivity contribution in [3.8, 4) is 0 Å². The molecule has 0 spiro atoms. The Morgan fingerprint density at radius 3 is 2.93 bits per heavy atom. The summed E-state index contributed by atoms with van der Waals surface area (Å²) in [6.45, 7) is 0.928. The quantitative estimate of drug-likeness (QED) is 0.501. The van der Waals surface area contributed by atoms with Gasteiger partial charge in [-0.3, -0.25) is 9.69 Å². The highest BCUT2D eigenvalue weighted by Gasteiger charge is 2.25. The van der Waals surface area contributed by atoms with E-state index < -0.39 is 11.6 Å². The molecule has 1 fully saturated rings. The number of amides is 1. The van der Waals surface area contributed by atoms with Gasteiger partial charge < -0.3 is 4.74 Å². The fourth-order valence-corrected chi connectivity index (χ4v) is 4.39. The predicted molar refractivity (Wildman–Crippen MR) is 111 cm³/mol. The molecule has 1 aliphatic rings. The van der Waals surface area contributed by atoms with Crippen LogP contribution in [-0.4, -0.2) is 30.1 Å². The number of thiazole rings is 1. The number of fused-ring (bicyclic) bond motifs is 1. The summed E-state index contributed by atoms with van der Waals surface area (Å²) in [6.07, 6.45) is 4.65. The summed E-state index contributed by atoms with van der Waals surface area (Å²) in [7, 11) is 0. The Hall–Kier alpha value is -2.35. The van der Waals surface area contributed by atoms with Gasteiger partial charge in [-0.05, 0) is 36.6 Å². The molecule has 1 aliphatic heterocycles. The lowest BCUT2D eigenvalue weighted by Crippen LogP contribution is -2.36. The van der Waals surface area contributed by atoms with E-state index in [1.165, 1.54) is 17.0 Å². The van der Waals surface area contributed by atoms with E-state index >= 15 is 0 Å². The van der Waals surface area contributed by atoms with Crippen molar-refractivity contribution in [3.63, 3.8) is 0 Å². The molecule has 3 aromatic rings. The SMILES string of the molecule is O=C(/C=C/c1ccccc1Cl)N(CC1CCCO1)c1nc2c(F)cc(F)cc2s1. The first kappa shape index (κ1) is 19.9. The van der Waals surface area contributed by atoms with Crippen LogP contribution >= 0.6 is 22.9 Å². The largest absolute Gasteiger partial charge is 0.376 e. The molecule has 1 unspecified atom stereocenters. The van der Waals surface area contributed by atoms with Crippen molar-refractivity contribution in [3.05, 3.63) is 64.7 Å². The molecule has 0 bridgehead atoms. The van der Waals surface area contributed by atoms with Crippen molar-refractivity contribution in [1.29, 1.82) is 0 Å². The van der Waals surface area contributed by atoms with Crippen LogP contribution in [0.5, 0.6) is 0 Å². The van der Waals surface area contributed by atoms with Gasteiger partial charge in [0.2, 0.25) is 0 Å². The predicted octanol–water partition coefficient (Wildman–Crippen LogP) is 5.45. The maximum atomic E-state index is 14.1. The Balaban J connectivity index is 1.66. The molecule has 4 nitrogen and oxygen atoms in total.